The van der Waals surface area contributed by atoms with Crippen molar-refractivity contribution in [1.82, 2.24) is 0 Å². The zero-order chi connectivity index (χ0) is 7.00. The van der Waals surface area contributed by atoms with E-state index in [9.17, 15) is 13.2 Å². The van der Waals surface area contributed by atoms with Crippen LogP contribution in [0, 0.1) is 0 Å². The molecule has 2 nitrogen and oxygen atoms in total. The molecule has 0 aromatic rings. The van der Waals surface area contributed by atoms with Crippen molar-refractivity contribution < 1.29 is 13.2 Å². The average molecular weight is 165 g/mol. The summed E-state index contributed by atoms with van der Waals surface area (Å²) in [6.07, 6.45) is -4.51. The average Bonchev–Trinajstić information content (AvgIpc) is 1.25. The molecule has 0 atom stereocenters. The summed E-state index contributed by atoms with van der Waals surface area (Å²) in [6.45, 7) is 0.701. The number of hydrogen-bond donors (Lipinski definition) is 2. The minimum Gasteiger partial charge on any atom is -0.306 e. The van der Waals surface area contributed by atoms with Crippen LogP contribution in [0.2, 0.25) is 0 Å². The molecule has 0 fully saturated rings. The summed E-state index contributed by atoms with van der Waals surface area (Å²) in [5.74, 6) is 0. The third-order valence-corrected chi connectivity index (χ3v) is 0.611. The third kappa shape index (κ3) is 3.56. The van der Waals surface area contributed by atoms with Crippen LogP contribution in [0.25, 0.3) is 0 Å². The predicted octanol–water partition coefficient (Wildman–Crippen LogP) is 0.604. The molecule has 9 heavy (non-hydrogen) atoms. The molecule has 58 valence electrons. The molecule has 0 aromatic heterocycles. The van der Waals surface area contributed by atoms with Gasteiger partial charge in [0, 0.05) is 0 Å². The summed E-state index contributed by atoms with van der Waals surface area (Å²) in [4.78, 5) is 0. The van der Waals surface area contributed by atoms with E-state index in [1.54, 1.807) is 0 Å². The molecule has 0 unspecified atom stereocenters. The van der Waals surface area contributed by atoms with E-state index < -0.39 is 11.8 Å². The van der Waals surface area contributed by atoms with Gasteiger partial charge in [0.15, 0.2) is 5.66 Å². The van der Waals surface area contributed by atoms with Crippen molar-refractivity contribution >= 4 is 12.4 Å². The first-order chi connectivity index (χ1) is 3.25. The van der Waals surface area contributed by atoms with Gasteiger partial charge < -0.3 is 11.5 Å². The van der Waals surface area contributed by atoms with Crippen LogP contribution in [0.5, 0.6) is 0 Å². The van der Waals surface area contributed by atoms with Crippen LogP contribution in [0.3, 0.4) is 0 Å². The molecule has 0 spiro atoms. The van der Waals surface area contributed by atoms with Crippen LogP contribution in [-0.4, -0.2) is 11.8 Å². The van der Waals surface area contributed by atoms with Crippen molar-refractivity contribution in [2.75, 3.05) is 0 Å². The summed E-state index contributed by atoms with van der Waals surface area (Å²) in [6, 6.07) is 0. The van der Waals surface area contributed by atoms with E-state index in [0.29, 0.717) is 6.92 Å². The Morgan fingerprint density at radius 3 is 1.22 bits per heavy atom. The van der Waals surface area contributed by atoms with Crippen molar-refractivity contribution in [2.45, 2.75) is 18.8 Å². The van der Waals surface area contributed by atoms with Crippen LogP contribution in [0.4, 0.5) is 13.2 Å². The zero-order valence-corrected chi connectivity index (χ0v) is 5.51. The Hall–Kier alpha value is -0.0000000000000000555. The SMILES string of the molecule is CC(N)(N)C(F)(F)F.Cl. The summed E-state index contributed by atoms with van der Waals surface area (Å²) in [5.41, 5.74) is 6.37. The third-order valence-electron chi connectivity index (χ3n) is 0.611. The molecule has 0 amide bonds. The fourth-order valence-electron chi connectivity index (χ4n) is 0. The van der Waals surface area contributed by atoms with Crippen LogP contribution < -0.4 is 11.5 Å². The first-order valence-corrected chi connectivity index (χ1v) is 1.89. The molecule has 0 saturated heterocycles. The Bertz CT molecular complexity index is 72.0. The van der Waals surface area contributed by atoms with E-state index >= 15 is 0 Å². The lowest BCUT2D eigenvalue weighted by molar-refractivity contribution is -0.178. The molecule has 0 bridgehead atoms. The molecule has 0 heterocycles. The van der Waals surface area contributed by atoms with Gasteiger partial charge in [0.2, 0.25) is 0 Å². The maximum atomic E-state index is 11.3. The fraction of sp³-hybridized carbons (Fsp3) is 1.00. The standard InChI is InChI=1S/C3H7F3N2.ClH/c1-2(7,8)3(4,5)6;/h7-8H2,1H3;1H. The number of rotatable bonds is 0. The summed E-state index contributed by atoms with van der Waals surface area (Å²) in [7, 11) is 0. The summed E-state index contributed by atoms with van der Waals surface area (Å²) >= 11 is 0. The Morgan fingerprint density at radius 2 is 1.22 bits per heavy atom. The van der Waals surface area contributed by atoms with Gasteiger partial charge in [-0.25, -0.2) is 0 Å². The largest absolute Gasteiger partial charge is 0.419 e. The Labute approximate surface area is 56.8 Å². The monoisotopic (exact) mass is 164 g/mol. The van der Waals surface area contributed by atoms with Crippen LogP contribution in [-0.2, 0) is 0 Å². The normalized spacial score (nSPS) is 12.7. The molecule has 0 aliphatic carbocycles. The fourth-order valence-corrected chi connectivity index (χ4v) is 0. The van der Waals surface area contributed by atoms with Crippen molar-refractivity contribution in [3.05, 3.63) is 0 Å². The Kier molecular flexibility index (Phi) is 3.56. The lowest BCUT2D eigenvalue weighted by Crippen LogP contribution is -2.58. The Morgan fingerprint density at radius 1 is 1.11 bits per heavy atom. The second kappa shape index (κ2) is 2.72. The number of halogens is 4. The van der Waals surface area contributed by atoms with E-state index in [4.69, 9.17) is 0 Å². The molecule has 0 aliphatic rings. The van der Waals surface area contributed by atoms with E-state index in [2.05, 4.69) is 11.5 Å². The lowest BCUT2D eigenvalue weighted by atomic mass is 10.2. The number of nitrogens with two attached hydrogens (primary N) is 2. The van der Waals surface area contributed by atoms with Gasteiger partial charge in [0.1, 0.15) is 0 Å². The second-order valence-electron chi connectivity index (χ2n) is 1.78. The van der Waals surface area contributed by atoms with E-state index in [1.165, 1.54) is 0 Å². The first-order valence-electron chi connectivity index (χ1n) is 1.89. The maximum Gasteiger partial charge on any atom is 0.419 e. The molecule has 0 aromatic carbocycles. The molecule has 0 saturated carbocycles. The Balaban J connectivity index is 0. The molecular weight excluding hydrogens is 156 g/mol. The molecular formula is C3H8ClF3N2. The van der Waals surface area contributed by atoms with Gasteiger partial charge in [0.25, 0.3) is 0 Å². The van der Waals surface area contributed by atoms with Crippen molar-refractivity contribution in [2.24, 2.45) is 11.5 Å². The van der Waals surface area contributed by atoms with Gasteiger partial charge in [-0.15, -0.1) is 12.4 Å². The van der Waals surface area contributed by atoms with E-state index in [0.717, 1.165) is 0 Å². The highest BCUT2D eigenvalue weighted by molar-refractivity contribution is 5.85. The van der Waals surface area contributed by atoms with Crippen molar-refractivity contribution in [3.63, 3.8) is 0 Å². The highest BCUT2D eigenvalue weighted by atomic mass is 35.5. The van der Waals surface area contributed by atoms with Crippen molar-refractivity contribution in [1.29, 1.82) is 0 Å². The van der Waals surface area contributed by atoms with Crippen LogP contribution in [0.1, 0.15) is 6.92 Å². The molecule has 0 radical (unpaired) electrons. The highest BCUT2D eigenvalue weighted by Gasteiger charge is 2.44. The van der Waals surface area contributed by atoms with Gasteiger partial charge >= 0.3 is 6.18 Å². The predicted molar refractivity (Wildman–Crippen MR) is 30.1 cm³/mol. The van der Waals surface area contributed by atoms with Gasteiger partial charge in [0.05, 0.1) is 0 Å². The first kappa shape index (κ1) is 11.8. The zero-order valence-electron chi connectivity index (χ0n) is 4.70. The molecule has 0 rings (SSSR count). The van der Waals surface area contributed by atoms with E-state index in [1.807, 2.05) is 0 Å². The second-order valence-corrected chi connectivity index (χ2v) is 1.78. The minimum absolute atomic E-state index is 0. The molecule has 4 N–H and O–H groups in total. The maximum absolute atomic E-state index is 11.3. The quantitative estimate of drug-likeness (QED) is 0.516. The lowest BCUT2D eigenvalue weighted by Gasteiger charge is -2.21. The summed E-state index contributed by atoms with van der Waals surface area (Å²) < 4.78 is 33.9. The van der Waals surface area contributed by atoms with Gasteiger partial charge in [-0.2, -0.15) is 13.2 Å². The number of alkyl halides is 3. The van der Waals surface area contributed by atoms with Gasteiger partial charge in [-0.1, -0.05) is 0 Å². The van der Waals surface area contributed by atoms with Crippen molar-refractivity contribution in [3.8, 4) is 0 Å². The van der Waals surface area contributed by atoms with Crippen LogP contribution in [0.15, 0.2) is 0 Å². The smallest absolute Gasteiger partial charge is 0.306 e. The number of hydrogen-bond acceptors (Lipinski definition) is 2. The molecule has 0 aliphatic heterocycles. The topological polar surface area (TPSA) is 52.0 Å². The van der Waals surface area contributed by atoms with E-state index in [-0.39, 0.29) is 12.4 Å². The van der Waals surface area contributed by atoms with Gasteiger partial charge in [-0.3, -0.25) is 0 Å². The minimum atomic E-state index is -4.51. The van der Waals surface area contributed by atoms with Crippen LogP contribution >= 0.6 is 12.4 Å². The summed E-state index contributed by atoms with van der Waals surface area (Å²) in [5, 5.41) is 0. The van der Waals surface area contributed by atoms with Gasteiger partial charge in [-0.05, 0) is 6.92 Å². The molecule has 6 heteroatoms. The highest BCUT2D eigenvalue weighted by Crippen LogP contribution is 2.22.